The molecule has 0 saturated carbocycles. The molecule has 0 aliphatic carbocycles. The first-order chi connectivity index (χ1) is 12.5. The molecule has 0 unspecified atom stereocenters. The predicted octanol–water partition coefficient (Wildman–Crippen LogP) is 3.97. The van der Waals surface area contributed by atoms with Crippen LogP contribution >= 0.6 is 0 Å². The monoisotopic (exact) mass is 355 g/mol. The van der Waals surface area contributed by atoms with Crippen LogP contribution in [-0.4, -0.2) is 30.0 Å². The number of nitrogens with zero attached hydrogens (tertiary/aromatic N) is 1. The highest BCUT2D eigenvalue weighted by Gasteiger charge is 2.10. The van der Waals surface area contributed by atoms with Gasteiger partial charge in [0.05, 0.1) is 12.2 Å². The second-order valence-corrected chi connectivity index (χ2v) is 6.29. The molecule has 1 aromatic carbocycles. The Morgan fingerprint density at radius 2 is 1.85 bits per heavy atom. The van der Waals surface area contributed by atoms with Gasteiger partial charge in [-0.3, -0.25) is 9.78 Å². The van der Waals surface area contributed by atoms with E-state index in [2.05, 4.69) is 29.5 Å². The van der Waals surface area contributed by atoms with E-state index in [1.165, 1.54) is 0 Å². The minimum atomic E-state index is -0.382. The van der Waals surface area contributed by atoms with E-state index in [0.29, 0.717) is 29.5 Å². The standard InChI is InChI=1S/C20H25N3O3/c1-4-26-20(25)15-5-7-16(8-6-15)23-19(24)18-13-17(10-12-22-18)21-11-9-14(2)3/h5-8,10,12-14H,4,9,11H2,1-3H3,(H,21,22)(H,23,24). The third kappa shape index (κ3) is 5.88. The molecule has 0 bridgehead atoms. The first-order valence-electron chi connectivity index (χ1n) is 8.78. The van der Waals surface area contributed by atoms with Gasteiger partial charge >= 0.3 is 5.97 Å². The number of nitrogens with one attached hydrogen (secondary N) is 2. The number of amides is 1. The summed E-state index contributed by atoms with van der Waals surface area (Å²) in [6, 6.07) is 10.1. The van der Waals surface area contributed by atoms with Gasteiger partial charge < -0.3 is 15.4 Å². The summed E-state index contributed by atoms with van der Waals surface area (Å²) in [6.45, 7) is 7.26. The van der Waals surface area contributed by atoms with E-state index < -0.39 is 0 Å². The van der Waals surface area contributed by atoms with Gasteiger partial charge in [0, 0.05) is 24.1 Å². The lowest BCUT2D eigenvalue weighted by atomic mass is 10.1. The maximum atomic E-state index is 12.4. The molecule has 2 rings (SSSR count). The van der Waals surface area contributed by atoms with Crippen molar-refractivity contribution in [2.45, 2.75) is 27.2 Å². The van der Waals surface area contributed by atoms with E-state index in [0.717, 1.165) is 18.7 Å². The van der Waals surface area contributed by atoms with E-state index in [4.69, 9.17) is 4.74 Å². The molecule has 2 N–H and O–H groups in total. The highest BCUT2D eigenvalue weighted by atomic mass is 16.5. The normalized spacial score (nSPS) is 10.5. The number of pyridine rings is 1. The van der Waals surface area contributed by atoms with E-state index >= 15 is 0 Å². The number of benzene rings is 1. The van der Waals surface area contributed by atoms with Gasteiger partial charge in [-0.15, -0.1) is 0 Å². The first-order valence-corrected chi connectivity index (χ1v) is 8.78. The third-order valence-electron chi connectivity index (χ3n) is 3.70. The molecular formula is C20H25N3O3. The number of rotatable bonds is 8. The van der Waals surface area contributed by atoms with Crippen molar-refractivity contribution in [1.82, 2.24) is 4.98 Å². The summed E-state index contributed by atoms with van der Waals surface area (Å²) in [6.07, 6.45) is 2.66. The van der Waals surface area contributed by atoms with Gasteiger partial charge in [0.25, 0.3) is 5.91 Å². The largest absolute Gasteiger partial charge is 0.462 e. The van der Waals surface area contributed by atoms with E-state index in [9.17, 15) is 9.59 Å². The number of ether oxygens (including phenoxy) is 1. The lowest BCUT2D eigenvalue weighted by Gasteiger charge is -2.10. The Morgan fingerprint density at radius 3 is 2.50 bits per heavy atom. The predicted molar refractivity (Wildman–Crippen MR) is 103 cm³/mol. The van der Waals surface area contributed by atoms with Gasteiger partial charge in [0.2, 0.25) is 0 Å². The lowest BCUT2D eigenvalue weighted by molar-refractivity contribution is 0.0526. The molecule has 6 heteroatoms. The zero-order valence-corrected chi connectivity index (χ0v) is 15.4. The van der Waals surface area contributed by atoms with Gasteiger partial charge in [-0.25, -0.2) is 4.79 Å². The Labute approximate surface area is 154 Å². The quantitative estimate of drug-likeness (QED) is 0.700. The molecule has 2 aromatic rings. The van der Waals surface area contributed by atoms with Crippen LogP contribution in [0.5, 0.6) is 0 Å². The molecule has 26 heavy (non-hydrogen) atoms. The summed E-state index contributed by atoms with van der Waals surface area (Å²) in [4.78, 5) is 28.1. The fourth-order valence-electron chi connectivity index (χ4n) is 2.27. The minimum absolute atomic E-state index is 0.304. The number of hydrogen-bond donors (Lipinski definition) is 2. The Kier molecular flexibility index (Phi) is 7.14. The van der Waals surface area contributed by atoms with Gasteiger partial charge in [0.15, 0.2) is 0 Å². The summed E-state index contributed by atoms with van der Waals surface area (Å²) >= 11 is 0. The topological polar surface area (TPSA) is 80.3 Å². The number of carbonyl (C=O) groups excluding carboxylic acids is 2. The maximum absolute atomic E-state index is 12.4. The van der Waals surface area contributed by atoms with Crippen LogP contribution in [0.3, 0.4) is 0 Å². The maximum Gasteiger partial charge on any atom is 0.338 e. The smallest absolute Gasteiger partial charge is 0.338 e. The Hall–Kier alpha value is -2.89. The van der Waals surface area contributed by atoms with E-state index in [1.807, 2.05) is 6.07 Å². The van der Waals surface area contributed by atoms with Crippen molar-refractivity contribution in [1.29, 1.82) is 0 Å². The molecule has 0 fully saturated rings. The van der Waals surface area contributed by atoms with Crippen LogP contribution in [0.25, 0.3) is 0 Å². The zero-order valence-electron chi connectivity index (χ0n) is 15.4. The van der Waals surface area contributed by atoms with Crippen molar-refractivity contribution < 1.29 is 14.3 Å². The van der Waals surface area contributed by atoms with Crippen molar-refractivity contribution in [2.75, 3.05) is 23.8 Å². The second-order valence-electron chi connectivity index (χ2n) is 6.29. The van der Waals surface area contributed by atoms with Gasteiger partial charge in [-0.1, -0.05) is 13.8 Å². The van der Waals surface area contributed by atoms with Crippen molar-refractivity contribution in [3.8, 4) is 0 Å². The Bertz CT molecular complexity index is 742. The summed E-state index contributed by atoms with van der Waals surface area (Å²) in [5.74, 6) is -0.0710. The van der Waals surface area contributed by atoms with Crippen LogP contribution in [-0.2, 0) is 4.74 Å². The van der Waals surface area contributed by atoms with E-state index in [1.54, 1.807) is 43.5 Å². The number of aromatic nitrogens is 1. The molecule has 0 saturated heterocycles. The number of carbonyl (C=O) groups is 2. The Morgan fingerprint density at radius 1 is 1.12 bits per heavy atom. The molecule has 0 spiro atoms. The molecule has 138 valence electrons. The van der Waals surface area contributed by atoms with Crippen LogP contribution in [0, 0.1) is 5.92 Å². The van der Waals surface area contributed by atoms with Gasteiger partial charge in [-0.05, 0) is 55.7 Å². The van der Waals surface area contributed by atoms with Crippen LogP contribution < -0.4 is 10.6 Å². The highest BCUT2D eigenvalue weighted by molar-refractivity contribution is 6.03. The molecule has 1 heterocycles. The highest BCUT2D eigenvalue weighted by Crippen LogP contribution is 2.14. The molecule has 0 radical (unpaired) electrons. The zero-order chi connectivity index (χ0) is 18.9. The van der Waals surface area contributed by atoms with Crippen molar-refractivity contribution >= 4 is 23.3 Å². The summed E-state index contributed by atoms with van der Waals surface area (Å²) in [5, 5.41) is 6.07. The Balaban J connectivity index is 1.97. The second kappa shape index (κ2) is 9.56. The molecule has 1 amide bonds. The average molecular weight is 355 g/mol. The minimum Gasteiger partial charge on any atom is -0.462 e. The SMILES string of the molecule is CCOC(=O)c1ccc(NC(=O)c2cc(NCCC(C)C)ccn2)cc1. The fraction of sp³-hybridized carbons (Fsp3) is 0.350. The number of anilines is 2. The van der Waals surface area contributed by atoms with E-state index in [-0.39, 0.29) is 11.9 Å². The average Bonchev–Trinajstić information content (AvgIpc) is 2.62. The molecule has 1 aromatic heterocycles. The van der Waals surface area contributed by atoms with Crippen LogP contribution in [0.15, 0.2) is 42.6 Å². The van der Waals surface area contributed by atoms with Crippen molar-refractivity contribution in [2.24, 2.45) is 5.92 Å². The number of hydrogen-bond acceptors (Lipinski definition) is 5. The van der Waals surface area contributed by atoms with Crippen molar-refractivity contribution in [3.63, 3.8) is 0 Å². The summed E-state index contributed by atoms with van der Waals surface area (Å²) in [7, 11) is 0. The summed E-state index contributed by atoms with van der Waals surface area (Å²) in [5.41, 5.74) is 2.22. The summed E-state index contributed by atoms with van der Waals surface area (Å²) < 4.78 is 4.94. The van der Waals surface area contributed by atoms with Crippen molar-refractivity contribution in [3.05, 3.63) is 53.9 Å². The van der Waals surface area contributed by atoms with Crippen LogP contribution in [0.2, 0.25) is 0 Å². The fourth-order valence-corrected chi connectivity index (χ4v) is 2.27. The molecule has 6 nitrogen and oxygen atoms in total. The molecule has 0 aliphatic rings. The molecule has 0 aliphatic heterocycles. The number of esters is 1. The third-order valence-corrected chi connectivity index (χ3v) is 3.70. The molecular weight excluding hydrogens is 330 g/mol. The lowest BCUT2D eigenvalue weighted by Crippen LogP contribution is -2.14. The van der Waals surface area contributed by atoms with Crippen LogP contribution in [0.1, 0.15) is 48.0 Å². The first kappa shape index (κ1) is 19.4. The van der Waals surface area contributed by atoms with Gasteiger partial charge in [-0.2, -0.15) is 0 Å². The van der Waals surface area contributed by atoms with Gasteiger partial charge in [0.1, 0.15) is 5.69 Å². The molecule has 0 atom stereocenters. The van der Waals surface area contributed by atoms with Crippen LogP contribution in [0.4, 0.5) is 11.4 Å².